The van der Waals surface area contributed by atoms with Gasteiger partial charge in [0, 0.05) is 32.7 Å². The van der Waals surface area contributed by atoms with Gasteiger partial charge in [-0.3, -0.25) is 0 Å². The molecule has 0 bridgehead atoms. The number of piperidine rings is 1. The Labute approximate surface area is 152 Å². The first-order valence-electron chi connectivity index (χ1n) is 9.38. The Balaban J connectivity index is 1.88. The molecule has 1 fully saturated rings. The smallest absolute Gasteiger partial charge is 0.0921 e. The maximum atomic E-state index is 11.1. The van der Waals surface area contributed by atoms with E-state index in [0.29, 0.717) is 19.3 Å². The van der Waals surface area contributed by atoms with E-state index in [4.69, 9.17) is 4.74 Å². The van der Waals surface area contributed by atoms with Crippen LogP contribution in [0.15, 0.2) is 23.3 Å². The van der Waals surface area contributed by atoms with Crippen molar-refractivity contribution in [3.63, 3.8) is 0 Å². The maximum absolute atomic E-state index is 11.1. The standard InChI is InChI=1S/C20H35NO4/c1-18(2,3)25-13-5-10-21-11-8-20(24,9-12-21)17-6-7-19(4,23)14-16(17)15-22/h6-7,22-24H,5,8-15H2,1-4H3. The Bertz CT molecular complexity index is 508. The van der Waals surface area contributed by atoms with Gasteiger partial charge in [-0.1, -0.05) is 12.2 Å². The molecule has 144 valence electrons. The number of ether oxygens (including phenoxy) is 1. The average molecular weight is 354 g/mol. The summed E-state index contributed by atoms with van der Waals surface area (Å²) in [5.41, 5.74) is -0.377. The molecule has 0 amide bonds. The van der Waals surface area contributed by atoms with E-state index in [-0.39, 0.29) is 12.2 Å². The fourth-order valence-electron chi connectivity index (χ4n) is 3.67. The van der Waals surface area contributed by atoms with Gasteiger partial charge >= 0.3 is 0 Å². The zero-order valence-corrected chi connectivity index (χ0v) is 16.2. The Kier molecular flexibility index (Phi) is 6.50. The molecular weight excluding hydrogens is 318 g/mol. The van der Waals surface area contributed by atoms with Gasteiger partial charge in [-0.25, -0.2) is 0 Å². The lowest BCUT2D eigenvalue weighted by Gasteiger charge is -2.41. The molecule has 0 aromatic carbocycles. The van der Waals surface area contributed by atoms with E-state index in [0.717, 1.165) is 43.8 Å². The molecule has 0 aromatic heterocycles. The van der Waals surface area contributed by atoms with E-state index in [1.54, 1.807) is 13.0 Å². The molecule has 25 heavy (non-hydrogen) atoms. The van der Waals surface area contributed by atoms with Crippen molar-refractivity contribution in [1.82, 2.24) is 4.90 Å². The molecule has 0 radical (unpaired) electrons. The van der Waals surface area contributed by atoms with Gasteiger partial charge in [-0.2, -0.15) is 0 Å². The van der Waals surface area contributed by atoms with Crippen molar-refractivity contribution in [2.45, 2.75) is 70.2 Å². The van der Waals surface area contributed by atoms with E-state index < -0.39 is 11.2 Å². The van der Waals surface area contributed by atoms with Crippen LogP contribution < -0.4 is 0 Å². The van der Waals surface area contributed by atoms with Crippen LogP contribution in [0.3, 0.4) is 0 Å². The molecule has 1 aliphatic carbocycles. The minimum atomic E-state index is -0.939. The number of hydrogen-bond acceptors (Lipinski definition) is 5. The largest absolute Gasteiger partial charge is 0.392 e. The van der Waals surface area contributed by atoms with Gasteiger partial charge < -0.3 is 25.0 Å². The van der Waals surface area contributed by atoms with E-state index >= 15 is 0 Å². The van der Waals surface area contributed by atoms with Crippen molar-refractivity contribution in [2.24, 2.45) is 0 Å². The van der Waals surface area contributed by atoms with Crippen LogP contribution in [0.5, 0.6) is 0 Å². The fourth-order valence-corrected chi connectivity index (χ4v) is 3.67. The lowest BCUT2D eigenvalue weighted by Crippen LogP contribution is -2.47. The van der Waals surface area contributed by atoms with Gasteiger partial charge in [0.2, 0.25) is 0 Å². The number of rotatable bonds is 6. The third kappa shape index (κ3) is 5.90. The van der Waals surface area contributed by atoms with Crippen LogP contribution in [0.1, 0.15) is 53.4 Å². The molecule has 0 saturated carbocycles. The highest BCUT2D eigenvalue weighted by atomic mass is 16.5. The van der Waals surface area contributed by atoms with E-state index in [1.165, 1.54) is 0 Å². The summed E-state index contributed by atoms with van der Waals surface area (Å²) in [5, 5.41) is 30.9. The molecule has 5 heteroatoms. The molecular formula is C20H35NO4. The van der Waals surface area contributed by atoms with Crippen LogP contribution in [0.4, 0.5) is 0 Å². The summed E-state index contributed by atoms with van der Waals surface area (Å²) in [6.45, 7) is 11.2. The average Bonchev–Trinajstić information content (AvgIpc) is 2.51. The van der Waals surface area contributed by atoms with Crippen LogP contribution in [-0.2, 0) is 4.74 Å². The zero-order valence-electron chi connectivity index (χ0n) is 16.2. The maximum Gasteiger partial charge on any atom is 0.0921 e. The normalized spacial score (nSPS) is 27.8. The topological polar surface area (TPSA) is 73.2 Å². The van der Waals surface area contributed by atoms with Gasteiger partial charge in [0.05, 0.1) is 23.4 Å². The molecule has 2 rings (SSSR count). The predicted molar refractivity (Wildman–Crippen MR) is 99.4 cm³/mol. The first kappa shape index (κ1) is 20.6. The summed E-state index contributed by atoms with van der Waals surface area (Å²) in [6, 6.07) is 0. The molecule has 1 atom stereocenters. The Morgan fingerprint density at radius 1 is 1.20 bits per heavy atom. The minimum absolute atomic E-state index is 0.0934. The van der Waals surface area contributed by atoms with E-state index in [1.807, 2.05) is 6.08 Å². The number of likely N-dealkylation sites (tertiary alicyclic amines) is 1. The number of nitrogens with zero attached hydrogens (tertiary/aromatic N) is 1. The van der Waals surface area contributed by atoms with Crippen molar-refractivity contribution in [3.05, 3.63) is 23.3 Å². The monoisotopic (exact) mass is 353 g/mol. The summed E-state index contributed by atoms with van der Waals surface area (Å²) >= 11 is 0. The summed E-state index contributed by atoms with van der Waals surface area (Å²) in [6.07, 6.45) is 6.21. The Morgan fingerprint density at radius 2 is 1.84 bits per heavy atom. The van der Waals surface area contributed by atoms with Gasteiger partial charge in [0.1, 0.15) is 0 Å². The van der Waals surface area contributed by atoms with Crippen LogP contribution in [0.25, 0.3) is 0 Å². The van der Waals surface area contributed by atoms with Gasteiger partial charge in [0.15, 0.2) is 0 Å². The molecule has 5 nitrogen and oxygen atoms in total. The van der Waals surface area contributed by atoms with Gasteiger partial charge in [-0.15, -0.1) is 0 Å². The SMILES string of the molecule is CC1(O)C=CC(C2(O)CCN(CCCOC(C)(C)C)CC2)=C(CO)C1. The zero-order chi connectivity index (χ0) is 18.7. The molecule has 1 aliphatic heterocycles. The number of aliphatic hydroxyl groups excluding tert-OH is 1. The summed E-state index contributed by atoms with van der Waals surface area (Å²) in [5.74, 6) is 0. The molecule has 1 unspecified atom stereocenters. The third-order valence-electron chi connectivity index (χ3n) is 5.09. The number of hydrogen-bond donors (Lipinski definition) is 3. The Morgan fingerprint density at radius 3 is 2.40 bits per heavy atom. The molecule has 0 spiro atoms. The first-order valence-corrected chi connectivity index (χ1v) is 9.38. The highest BCUT2D eigenvalue weighted by Gasteiger charge is 2.38. The predicted octanol–water partition coefficient (Wildman–Crippen LogP) is 2.02. The molecule has 2 aliphatic rings. The summed E-state index contributed by atoms with van der Waals surface area (Å²) < 4.78 is 5.76. The molecule has 1 saturated heterocycles. The second kappa shape index (κ2) is 7.89. The molecule has 1 heterocycles. The number of aliphatic hydroxyl groups is 3. The van der Waals surface area contributed by atoms with E-state index in [2.05, 4.69) is 25.7 Å². The molecule has 0 aromatic rings. The lowest BCUT2D eigenvalue weighted by molar-refractivity contribution is -0.0153. The highest BCUT2D eigenvalue weighted by molar-refractivity contribution is 5.40. The molecule has 3 N–H and O–H groups in total. The van der Waals surface area contributed by atoms with Crippen molar-refractivity contribution in [3.8, 4) is 0 Å². The van der Waals surface area contributed by atoms with Crippen molar-refractivity contribution in [1.29, 1.82) is 0 Å². The summed E-state index contributed by atoms with van der Waals surface area (Å²) in [4.78, 5) is 2.36. The van der Waals surface area contributed by atoms with Gasteiger partial charge in [0.25, 0.3) is 0 Å². The summed E-state index contributed by atoms with van der Waals surface area (Å²) in [7, 11) is 0. The van der Waals surface area contributed by atoms with Crippen LogP contribution in [-0.4, -0.2) is 69.9 Å². The second-order valence-electron chi connectivity index (χ2n) is 8.73. The minimum Gasteiger partial charge on any atom is -0.392 e. The Hall–Kier alpha value is -0.720. The van der Waals surface area contributed by atoms with Crippen LogP contribution >= 0.6 is 0 Å². The first-order chi connectivity index (χ1) is 11.5. The second-order valence-corrected chi connectivity index (χ2v) is 8.73. The van der Waals surface area contributed by atoms with Crippen molar-refractivity contribution in [2.75, 3.05) is 32.8 Å². The fraction of sp³-hybridized carbons (Fsp3) is 0.800. The highest BCUT2D eigenvalue weighted by Crippen LogP contribution is 2.37. The van der Waals surface area contributed by atoms with E-state index in [9.17, 15) is 15.3 Å². The van der Waals surface area contributed by atoms with Crippen LogP contribution in [0, 0.1) is 0 Å². The van der Waals surface area contributed by atoms with Gasteiger partial charge in [-0.05, 0) is 58.1 Å². The third-order valence-corrected chi connectivity index (χ3v) is 5.09. The van der Waals surface area contributed by atoms with Crippen LogP contribution in [0.2, 0.25) is 0 Å². The lowest BCUT2D eigenvalue weighted by atomic mass is 9.76. The van der Waals surface area contributed by atoms with Crippen molar-refractivity contribution < 1.29 is 20.1 Å². The quantitative estimate of drug-likeness (QED) is 0.637. The van der Waals surface area contributed by atoms with Crippen molar-refractivity contribution >= 4 is 0 Å².